The normalized spacial score (nSPS) is 10.4. The van der Waals surface area contributed by atoms with E-state index in [0.29, 0.717) is 0 Å². The van der Waals surface area contributed by atoms with E-state index in [9.17, 15) is 0 Å². The molecule has 1 nitrogen and oxygen atoms in total. The van der Waals surface area contributed by atoms with Crippen molar-refractivity contribution < 1.29 is 0 Å². The van der Waals surface area contributed by atoms with Gasteiger partial charge in [0.25, 0.3) is 0 Å². The van der Waals surface area contributed by atoms with E-state index in [1.54, 1.807) is 11.3 Å². The van der Waals surface area contributed by atoms with Crippen LogP contribution in [0, 0.1) is 6.92 Å². The lowest BCUT2D eigenvalue weighted by Crippen LogP contribution is -1.81. The van der Waals surface area contributed by atoms with Gasteiger partial charge in [-0.3, -0.25) is 0 Å². The lowest BCUT2D eigenvalue weighted by atomic mass is 10.1. The van der Waals surface area contributed by atoms with Crippen LogP contribution in [0.2, 0.25) is 0 Å². The molecule has 0 N–H and O–H groups in total. The van der Waals surface area contributed by atoms with Gasteiger partial charge in [0.05, 0.1) is 15.7 Å². The number of rotatable bonds is 1. The highest BCUT2D eigenvalue weighted by molar-refractivity contribution is 7.16. The predicted molar refractivity (Wildman–Crippen MR) is 54.4 cm³/mol. The average Bonchev–Trinajstić information content (AvgIpc) is 2.52. The maximum absolute atomic E-state index is 4.30. The van der Waals surface area contributed by atoms with E-state index in [1.807, 2.05) is 11.6 Å². The summed E-state index contributed by atoms with van der Waals surface area (Å²) in [7, 11) is 0. The molecule has 0 aliphatic heterocycles. The zero-order chi connectivity index (χ0) is 8.55. The fourth-order valence-electron chi connectivity index (χ4n) is 1.31. The molecule has 2 rings (SSSR count). The van der Waals surface area contributed by atoms with Gasteiger partial charge in [-0.1, -0.05) is 18.7 Å². The van der Waals surface area contributed by atoms with Crippen molar-refractivity contribution in [3.05, 3.63) is 35.3 Å². The van der Waals surface area contributed by atoms with E-state index >= 15 is 0 Å². The first-order chi connectivity index (χ1) is 5.83. The number of benzene rings is 1. The molecule has 0 atom stereocenters. The minimum atomic E-state index is 1.08. The van der Waals surface area contributed by atoms with Crippen LogP contribution in [0.3, 0.4) is 0 Å². The SMILES string of the molecule is C=Cc1c(C)ccc2scnc12. The van der Waals surface area contributed by atoms with E-state index in [4.69, 9.17) is 0 Å². The maximum atomic E-state index is 4.30. The van der Waals surface area contributed by atoms with Crippen molar-refractivity contribution in [3.63, 3.8) is 0 Å². The number of thiazole rings is 1. The second kappa shape index (κ2) is 2.72. The third-order valence-corrected chi connectivity index (χ3v) is 2.76. The van der Waals surface area contributed by atoms with E-state index in [-0.39, 0.29) is 0 Å². The molecular formula is C10H9NS. The Labute approximate surface area is 75.4 Å². The van der Waals surface area contributed by atoms with Crippen LogP contribution in [-0.2, 0) is 0 Å². The minimum Gasteiger partial charge on any atom is -0.244 e. The molecule has 1 heterocycles. The molecule has 0 saturated carbocycles. The summed E-state index contributed by atoms with van der Waals surface area (Å²) in [6.07, 6.45) is 1.87. The molecule has 2 aromatic rings. The van der Waals surface area contributed by atoms with Gasteiger partial charge in [-0.25, -0.2) is 4.98 Å². The van der Waals surface area contributed by atoms with Crippen LogP contribution in [0.25, 0.3) is 16.3 Å². The number of aryl methyl sites for hydroxylation is 1. The molecule has 0 amide bonds. The van der Waals surface area contributed by atoms with Gasteiger partial charge in [0, 0.05) is 5.56 Å². The molecule has 60 valence electrons. The first kappa shape index (κ1) is 7.50. The number of fused-ring (bicyclic) bond motifs is 1. The highest BCUT2D eigenvalue weighted by Gasteiger charge is 2.02. The minimum absolute atomic E-state index is 1.08. The summed E-state index contributed by atoms with van der Waals surface area (Å²) in [5.74, 6) is 0. The topological polar surface area (TPSA) is 12.9 Å². The Morgan fingerprint density at radius 3 is 3.08 bits per heavy atom. The van der Waals surface area contributed by atoms with Crippen molar-refractivity contribution in [1.29, 1.82) is 0 Å². The van der Waals surface area contributed by atoms with Crippen LogP contribution in [0.5, 0.6) is 0 Å². The highest BCUT2D eigenvalue weighted by atomic mass is 32.1. The number of hydrogen-bond donors (Lipinski definition) is 0. The Morgan fingerprint density at radius 2 is 2.33 bits per heavy atom. The van der Waals surface area contributed by atoms with Crippen molar-refractivity contribution in [2.75, 3.05) is 0 Å². The van der Waals surface area contributed by atoms with E-state index in [2.05, 4.69) is 30.6 Å². The van der Waals surface area contributed by atoms with Crippen molar-refractivity contribution in [2.24, 2.45) is 0 Å². The van der Waals surface area contributed by atoms with Crippen molar-refractivity contribution in [1.82, 2.24) is 4.98 Å². The molecule has 0 aliphatic rings. The van der Waals surface area contributed by atoms with Gasteiger partial charge in [0.2, 0.25) is 0 Å². The Balaban J connectivity index is 2.91. The zero-order valence-corrected chi connectivity index (χ0v) is 7.69. The maximum Gasteiger partial charge on any atom is 0.0886 e. The second-order valence-corrected chi connectivity index (χ2v) is 3.59. The Hall–Kier alpha value is -1.15. The molecule has 1 aromatic heterocycles. The Kier molecular flexibility index (Phi) is 1.70. The van der Waals surface area contributed by atoms with Crippen LogP contribution in [-0.4, -0.2) is 4.98 Å². The van der Waals surface area contributed by atoms with Crippen LogP contribution < -0.4 is 0 Å². The quantitative estimate of drug-likeness (QED) is 0.648. The fourth-order valence-corrected chi connectivity index (χ4v) is 2.00. The number of nitrogens with zero attached hydrogens (tertiary/aromatic N) is 1. The highest BCUT2D eigenvalue weighted by Crippen LogP contribution is 2.24. The molecule has 0 aliphatic carbocycles. The van der Waals surface area contributed by atoms with Crippen LogP contribution in [0.1, 0.15) is 11.1 Å². The van der Waals surface area contributed by atoms with Gasteiger partial charge in [-0.2, -0.15) is 0 Å². The lowest BCUT2D eigenvalue weighted by molar-refractivity contribution is 1.43. The smallest absolute Gasteiger partial charge is 0.0886 e. The van der Waals surface area contributed by atoms with Gasteiger partial charge in [-0.15, -0.1) is 11.3 Å². The van der Waals surface area contributed by atoms with E-state index < -0.39 is 0 Å². The Morgan fingerprint density at radius 1 is 1.50 bits per heavy atom. The van der Waals surface area contributed by atoms with Gasteiger partial charge in [-0.05, 0) is 18.6 Å². The summed E-state index contributed by atoms with van der Waals surface area (Å²) >= 11 is 1.67. The molecule has 0 bridgehead atoms. The predicted octanol–water partition coefficient (Wildman–Crippen LogP) is 3.25. The molecule has 0 radical (unpaired) electrons. The second-order valence-electron chi connectivity index (χ2n) is 2.70. The summed E-state index contributed by atoms with van der Waals surface area (Å²) in [5.41, 5.74) is 5.35. The van der Waals surface area contributed by atoms with Gasteiger partial charge in [0.15, 0.2) is 0 Å². The van der Waals surface area contributed by atoms with E-state index in [0.717, 1.165) is 11.1 Å². The lowest BCUT2D eigenvalue weighted by Gasteiger charge is -1.99. The van der Waals surface area contributed by atoms with Crippen molar-refractivity contribution in [3.8, 4) is 0 Å². The van der Waals surface area contributed by atoms with Gasteiger partial charge in [0.1, 0.15) is 0 Å². The molecule has 1 aromatic carbocycles. The molecule has 0 unspecified atom stereocenters. The summed E-state index contributed by atoms with van der Waals surface area (Å²) in [6, 6.07) is 4.22. The first-order valence-corrected chi connectivity index (χ1v) is 4.66. The van der Waals surface area contributed by atoms with Crippen molar-refractivity contribution >= 4 is 27.6 Å². The number of aromatic nitrogens is 1. The fraction of sp³-hybridized carbons (Fsp3) is 0.100. The standard InChI is InChI=1S/C10H9NS/c1-3-8-7(2)4-5-9-10(8)11-6-12-9/h3-6H,1H2,2H3. The molecule has 2 heteroatoms. The molecular weight excluding hydrogens is 166 g/mol. The third-order valence-electron chi connectivity index (χ3n) is 1.96. The first-order valence-electron chi connectivity index (χ1n) is 3.78. The van der Waals surface area contributed by atoms with E-state index in [1.165, 1.54) is 10.3 Å². The van der Waals surface area contributed by atoms with Gasteiger partial charge >= 0.3 is 0 Å². The van der Waals surface area contributed by atoms with Gasteiger partial charge < -0.3 is 0 Å². The number of hydrogen-bond acceptors (Lipinski definition) is 2. The van der Waals surface area contributed by atoms with Crippen LogP contribution in [0.15, 0.2) is 24.2 Å². The summed E-state index contributed by atoms with van der Waals surface area (Å²) in [6.45, 7) is 5.87. The molecule has 0 fully saturated rings. The van der Waals surface area contributed by atoms with Crippen LogP contribution in [0.4, 0.5) is 0 Å². The molecule has 0 saturated heterocycles. The van der Waals surface area contributed by atoms with Crippen LogP contribution >= 0.6 is 11.3 Å². The average molecular weight is 175 g/mol. The summed E-state index contributed by atoms with van der Waals surface area (Å²) < 4.78 is 1.23. The summed E-state index contributed by atoms with van der Waals surface area (Å²) in [5, 5.41) is 0. The van der Waals surface area contributed by atoms with Crippen molar-refractivity contribution in [2.45, 2.75) is 6.92 Å². The Bertz CT molecular complexity index is 428. The summed E-state index contributed by atoms with van der Waals surface area (Å²) in [4.78, 5) is 4.30. The zero-order valence-electron chi connectivity index (χ0n) is 6.87. The third kappa shape index (κ3) is 0.959. The molecule has 0 spiro atoms. The monoisotopic (exact) mass is 175 g/mol. The largest absolute Gasteiger partial charge is 0.244 e. The molecule has 12 heavy (non-hydrogen) atoms.